The van der Waals surface area contributed by atoms with E-state index >= 15 is 0 Å². The van der Waals surface area contributed by atoms with E-state index in [4.69, 9.17) is 14.2 Å². The summed E-state index contributed by atoms with van der Waals surface area (Å²) in [4.78, 5) is 2.57. The van der Waals surface area contributed by atoms with Crippen LogP contribution in [0.15, 0.2) is 78.6 Å². The second-order valence-corrected chi connectivity index (χ2v) is 11.3. The highest BCUT2D eigenvalue weighted by Gasteiger charge is 2.26. The predicted octanol–water partition coefficient (Wildman–Crippen LogP) is 6.53. The molecule has 4 rings (SSSR count). The number of piperidine rings is 1. The third kappa shape index (κ3) is 9.22. The van der Waals surface area contributed by atoms with Crippen molar-refractivity contribution >= 4 is 5.69 Å². The van der Waals surface area contributed by atoms with Gasteiger partial charge in [-0.2, -0.15) is 0 Å². The molecule has 2 aliphatic rings. The summed E-state index contributed by atoms with van der Waals surface area (Å²) >= 11 is 0. The van der Waals surface area contributed by atoms with E-state index in [1.54, 1.807) is 7.11 Å². The normalized spacial score (nSPS) is 19.1. The Balaban J connectivity index is 1.23. The van der Waals surface area contributed by atoms with Crippen LogP contribution in [0.3, 0.4) is 0 Å². The van der Waals surface area contributed by atoms with E-state index < -0.39 is 0 Å². The molecule has 2 heterocycles. The summed E-state index contributed by atoms with van der Waals surface area (Å²) in [5.41, 5.74) is 6.54. The fraction of sp³-hybridized carbons (Fsp3) is 0.500. The summed E-state index contributed by atoms with van der Waals surface area (Å²) in [6.45, 7) is 15.2. The van der Waals surface area contributed by atoms with Gasteiger partial charge in [-0.1, -0.05) is 49.9 Å². The highest BCUT2D eigenvalue weighted by atomic mass is 16.5. The van der Waals surface area contributed by atoms with E-state index in [0.29, 0.717) is 31.8 Å². The maximum absolute atomic E-state index is 6.00. The first kappa shape index (κ1) is 31.9. The monoisotopic (exact) mass is 573 g/mol. The van der Waals surface area contributed by atoms with Crippen LogP contribution in [0.1, 0.15) is 62.1 Å². The van der Waals surface area contributed by atoms with Gasteiger partial charge in [0.2, 0.25) is 0 Å². The van der Waals surface area contributed by atoms with Gasteiger partial charge in [0.1, 0.15) is 11.5 Å². The summed E-state index contributed by atoms with van der Waals surface area (Å²) in [6, 6.07) is 16.2. The van der Waals surface area contributed by atoms with Crippen LogP contribution in [-0.2, 0) is 22.4 Å². The molecule has 1 fully saturated rings. The van der Waals surface area contributed by atoms with E-state index in [2.05, 4.69) is 71.5 Å². The van der Waals surface area contributed by atoms with Crippen molar-refractivity contribution in [2.24, 2.45) is 0 Å². The number of hydrogen-bond acceptors (Lipinski definition) is 6. The van der Waals surface area contributed by atoms with Gasteiger partial charge in [-0.15, -0.1) is 0 Å². The van der Waals surface area contributed by atoms with Crippen LogP contribution in [-0.4, -0.2) is 59.2 Å². The SMILES string of the molecule is C=C(COCCCOc1ccc([C@H]2CCNCC2NCc2ccc3c(c2)N(CCC)CCC3)cc1)/C(=C\C=C/C)OC. The van der Waals surface area contributed by atoms with Crippen LogP contribution < -0.4 is 20.3 Å². The molecule has 0 aromatic heterocycles. The molecule has 0 saturated carbocycles. The van der Waals surface area contributed by atoms with E-state index in [-0.39, 0.29) is 0 Å². The van der Waals surface area contributed by atoms with Gasteiger partial charge in [-0.3, -0.25) is 0 Å². The number of ether oxygens (including phenoxy) is 3. The summed E-state index contributed by atoms with van der Waals surface area (Å²) in [6.07, 6.45) is 11.4. The van der Waals surface area contributed by atoms with Gasteiger partial charge >= 0.3 is 0 Å². The van der Waals surface area contributed by atoms with Crippen molar-refractivity contribution < 1.29 is 14.2 Å². The number of methoxy groups -OCH3 is 1. The zero-order valence-electron chi connectivity index (χ0n) is 26.0. The van der Waals surface area contributed by atoms with Crippen molar-refractivity contribution in [1.82, 2.24) is 10.6 Å². The number of nitrogens with zero attached hydrogens (tertiary/aromatic N) is 1. The van der Waals surface area contributed by atoms with Gasteiger partial charge in [0, 0.05) is 55.8 Å². The number of nitrogens with one attached hydrogen (secondary N) is 2. The van der Waals surface area contributed by atoms with Crippen LogP contribution in [0.25, 0.3) is 0 Å². The molecule has 2 N–H and O–H groups in total. The molecule has 1 saturated heterocycles. The molecule has 0 spiro atoms. The molecule has 0 amide bonds. The molecular formula is C36H51N3O3. The smallest absolute Gasteiger partial charge is 0.123 e. The molecule has 6 nitrogen and oxygen atoms in total. The lowest BCUT2D eigenvalue weighted by Crippen LogP contribution is -2.47. The fourth-order valence-electron chi connectivity index (χ4n) is 5.97. The Bertz CT molecular complexity index is 1170. The van der Waals surface area contributed by atoms with E-state index in [1.165, 1.54) is 48.2 Å². The molecule has 6 heteroatoms. The van der Waals surface area contributed by atoms with Crippen LogP contribution in [0.5, 0.6) is 5.75 Å². The zero-order chi connectivity index (χ0) is 29.6. The summed E-state index contributed by atoms with van der Waals surface area (Å²) in [7, 11) is 1.65. The number of hydrogen-bond donors (Lipinski definition) is 2. The van der Waals surface area contributed by atoms with Crippen LogP contribution in [0.4, 0.5) is 5.69 Å². The Morgan fingerprint density at radius 1 is 1.17 bits per heavy atom. The second-order valence-electron chi connectivity index (χ2n) is 11.3. The number of allylic oxidation sites excluding steroid dienone is 3. The van der Waals surface area contributed by atoms with Crippen molar-refractivity contribution in [3.05, 3.63) is 95.3 Å². The first-order chi connectivity index (χ1) is 20.6. The second kappa shape index (κ2) is 17.2. The average molecular weight is 574 g/mol. The molecule has 2 atom stereocenters. The van der Waals surface area contributed by atoms with Gasteiger partial charge in [-0.05, 0) is 80.1 Å². The summed E-state index contributed by atoms with van der Waals surface area (Å²) in [5.74, 6) is 2.13. The van der Waals surface area contributed by atoms with Gasteiger partial charge < -0.3 is 29.7 Å². The van der Waals surface area contributed by atoms with Gasteiger partial charge in [-0.25, -0.2) is 0 Å². The minimum atomic E-state index is 0.395. The molecule has 0 bridgehead atoms. The lowest BCUT2D eigenvalue weighted by atomic mass is 9.86. The number of rotatable bonds is 16. The molecule has 42 heavy (non-hydrogen) atoms. The van der Waals surface area contributed by atoms with Gasteiger partial charge in [0.05, 0.1) is 26.9 Å². The molecule has 2 aromatic carbocycles. The van der Waals surface area contributed by atoms with E-state index in [0.717, 1.165) is 56.1 Å². The lowest BCUT2D eigenvalue weighted by Gasteiger charge is -2.34. The minimum Gasteiger partial charge on any atom is -0.496 e. The number of anilines is 1. The molecule has 228 valence electrons. The quantitative estimate of drug-likeness (QED) is 0.135. The molecule has 1 unspecified atom stereocenters. The summed E-state index contributed by atoms with van der Waals surface area (Å²) in [5, 5.41) is 7.49. The van der Waals surface area contributed by atoms with E-state index in [9.17, 15) is 0 Å². The highest BCUT2D eigenvalue weighted by molar-refractivity contribution is 5.57. The molecule has 2 aromatic rings. The number of fused-ring (bicyclic) bond motifs is 1. The van der Waals surface area contributed by atoms with Crippen LogP contribution in [0.2, 0.25) is 0 Å². The van der Waals surface area contributed by atoms with Crippen molar-refractivity contribution in [2.45, 2.75) is 64.5 Å². The summed E-state index contributed by atoms with van der Waals surface area (Å²) < 4.78 is 17.1. The molecular weight excluding hydrogens is 522 g/mol. The average Bonchev–Trinajstić information content (AvgIpc) is 3.03. The zero-order valence-corrected chi connectivity index (χ0v) is 26.0. The first-order valence-electron chi connectivity index (χ1n) is 15.8. The maximum Gasteiger partial charge on any atom is 0.123 e. The number of benzene rings is 2. The third-order valence-electron chi connectivity index (χ3n) is 8.20. The minimum absolute atomic E-state index is 0.395. The first-order valence-corrected chi connectivity index (χ1v) is 15.8. The standard InChI is InChI=1S/C36H51N3O3/c1-5-7-11-36(40-4)28(3)27-41-22-9-23-42-32-16-14-30(15-17-32)33-18-19-37-26-34(33)38-25-29-12-13-31-10-8-21-39(20-6-2)35(31)24-29/h5,7,11-17,24,33-34,37-38H,3,6,8-10,18-23,25-27H2,1-2,4H3/b7-5-,36-11+/t33-,34?/m1/s1. The molecule has 0 radical (unpaired) electrons. The van der Waals surface area contributed by atoms with Crippen molar-refractivity contribution in [1.29, 1.82) is 0 Å². The lowest BCUT2D eigenvalue weighted by molar-refractivity contribution is 0.134. The third-order valence-corrected chi connectivity index (χ3v) is 8.20. The predicted molar refractivity (Wildman–Crippen MR) is 175 cm³/mol. The Hall–Kier alpha value is -3.06. The highest BCUT2D eigenvalue weighted by Crippen LogP contribution is 2.30. The Morgan fingerprint density at radius 3 is 2.81 bits per heavy atom. The Kier molecular flexibility index (Phi) is 13.0. The largest absolute Gasteiger partial charge is 0.496 e. The van der Waals surface area contributed by atoms with Crippen molar-refractivity contribution in [3.63, 3.8) is 0 Å². The van der Waals surface area contributed by atoms with Crippen LogP contribution in [0, 0.1) is 0 Å². The molecule has 0 aliphatic carbocycles. The Morgan fingerprint density at radius 2 is 2.02 bits per heavy atom. The van der Waals surface area contributed by atoms with Crippen LogP contribution >= 0.6 is 0 Å². The Labute approximate surface area is 253 Å². The van der Waals surface area contributed by atoms with Crippen molar-refractivity contribution in [2.75, 3.05) is 58.0 Å². The van der Waals surface area contributed by atoms with Gasteiger partial charge in [0.25, 0.3) is 0 Å². The number of aryl methyl sites for hydroxylation is 1. The topological polar surface area (TPSA) is 55.0 Å². The molecule has 2 aliphatic heterocycles. The van der Waals surface area contributed by atoms with E-state index in [1.807, 2.05) is 25.2 Å². The van der Waals surface area contributed by atoms with Gasteiger partial charge in [0.15, 0.2) is 0 Å². The maximum atomic E-state index is 6.00. The van der Waals surface area contributed by atoms with Crippen molar-refractivity contribution in [3.8, 4) is 5.75 Å². The fourth-order valence-corrected chi connectivity index (χ4v) is 5.97.